The Morgan fingerprint density at radius 3 is 1.25 bits per heavy atom. The second-order valence-electron chi connectivity index (χ2n) is 1.82. The summed E-state index contributed by atoms with van der Waals surface area (Å²) >= 11 is 0. The van der Waals surface area contributed by atoms with Crippen molar-refractivity contribution in [3.8, 4) is 24.7 Å². The third kappa shape index (κ3) is 8.08. The van der Waals surface area contributed by atoms with Gasteiger partial charge in [0.05, 0.1) is 0 Å². The number of allylic oxidation sites excluding steroid dienone is 8. The molecule has 0 saturated heterocycles. The molecule has 0 aromatic carbocycles. The molecule has 0 aliphatic rings. The lowest BCUT2D eigenvalue weighted by molar-refractivity contribution is 1.88. The van der Waals surface area contributed by atoms with Crippen molar-refractivity contribution < 1.29 is 0 Å². The van der Waals surface area contributed by atoms with Gasteiger partial charge in [-0.05, 0) is 12.2 Å². The first-order chi connectivity index (χ1) is 5.91. The van der Waals surface area contributed by atoms with Crippen molar-refractivity contribution >= 4 is 0 Å². The Morgan fingerprint density at radius 2 is 0.917 bits per heavy atom. The van der Waals surface area contributed by atoms with Gasteiger partial charge in [-0.15, -0.1) is 12.8 Å². The minimum absolute atomic E-state index is 1.63. The highest BCUT2D eigenvalue weighted by atomic mass is 13.7. The standard InChI is InChI=1S/C12H10/c1-3-5-7-9-11-12-10-8-6-4-2/h1-2,5-12H/b7-5-,8-6-,11-9-,12-10-. The van der Waals surface area contributed by atoms with Gasteiger partial charge in [0.2, 0.25) is 0 Å². The van der Waals surface area contributed by atoms with Crippen molar-refractivity contribution in [2.75, 3.05) is 0 Å². The molecule has 0 nitrogen and oxygen atoms in total. The lowest BCUT2D eigenvalue weighted by Crippen LogP contribution is -1.51. The molecule has 58 valence electrons. The molecule has 0 heterocycles. The van der Waals surface area contributed by atoms with E-state index >= 15 is 0 Å². The predicted molar refractivity (Wildman–Crippen MR) is 54.2 cm³/mol. The molecule has 0 rings (SSSR count). The first-order valence-electron chi connectivity index (χ1n) is 3.49. The van der Waals surface area contributed by atoms with Crippen molar-refractivity contribution in [3.63, 3.8) is 0 Å². The number of hydrogen-bond donors (Lipinski definition) is 0. The quantitative estimate of drug-likeness (QED) is 0.432. The number of rotatable bonds is 3. The molecule has 0 aromatic heterocycles. The Morgan fingerprint density at radius 1 is 0.583 bits per heavy atom. The topological polar surface area (TPSA) is 0 Å². The molecule has 0 unspecified atom stereocenters. The summed E-state index contributed by atoms with van der Waals surface area (Å²) in [7, 11) is 0. The van der Waals surface area contributed by atoms with Crippen molar-refractivity contribution in [2.45, 2.75) is 0 Å². The van der Waals surface area contributed by atoms with Crippen LogP contribution >= 0.6 is 0 Å². The molecule has 0 heteroatoms. The SMILES string of the molecule is C#C\C=C/C=C\C=C/C=C\C#C. The molecule has 0 atom stereocenters. The summed E-state index contributed by atoms with van der Waals surface area (Å²) in [5, 5.41) is 0. The molecule has 0 spiro atoms. The third-order valence-electron chi connectivity index (χ3n) is 0.940. The van der Waals surface area contributed by atoms with E-state index in [1.54, 1.807) is 24.3 Å². The summed E-state index contributed by atoms with van der Waals surface area (Å²) in [4.78, 5) is 0. The van der Waals surface area contributed by atoms with E-state index in [1.807, 2.05) is 24.3 Å². The summed E-state index contributed by atoms with van der Waals surface area (Å²) in [5.41, 5.74) is 0. The predicted octanol–water partition coefficient (Wildman–Crippen LogP) is 2.48. The lowest BCUT2D eigenvalue weighted by Gasteiger charge is -1.71. The van der Waals surface area contributed by atoms with Gasteiger partial charge in [-0.2, -0.15) is 0 Å². The molecule has 0 N–H and O–H groups in total. The molecule has 0 aromatic rings. The van der Waals surface area contributed by atoms with E-state index in [2.05, 4.69) is 11.8 Å². The normalized spacial score (nSPS) is 11.5. The van der Waals surface area contributed by atoms with Crippen LogP contribution in [0.15, 0.2) is 48.6 Å². The molecular weight excluding hydrogens is 144 g/mol. The Hall–Kier alpha value is -1.92. The van der Waals surface area contributed by atoms with Crippen molar-refractivity contribution in [1.82, 2.24) is 0 Å². The summed E-state index contributed by atoms with van der Waals surface area (Å²) < 4.78 is 0. The van der Waals surface area contributed by atoms with Gasteiger partial charge in [0.25, 0.3) is 0 Å². The maximum absolute atomic E-state index is 4.99. The smallest absolute Gasteiger partial charge is 0.0122 e. The van der Waals surface area contributed by atoms with E-state index in [0.29, 0.717) is 0 Å². The average molecular weight is 154 g/mol. The van der Waals surface area contributed by atoms with Crippen LogP contribution in [0.5, 0.6) is 0 Å². The van der Waals surface area contributed by atoms with Crippen LogP contribution in [-0.4, -0.2) is 0 Å². The highest BCUT2D eigenvalue weighted by Crippen LogP contribution is 1.81. The van der Waals surface area contributed by atoms with Gasteiger partial charge in [-0.25, -0.2) is 0 Å². The van der Waals surface area contributed by atoms with Gasteiger partial charge >= 0.3 is 0 Å². The molecule has 0 amide bonds. The Balaban J connectivity index is 3.70. The van der Waals surface area contributed by atoms with Gasteiger partial charge in [0, 0.05) is 0 Å². The third-order valence-corrected chi connectivity index (χ3v) is 0.940. The maximum Gasteiger partial charge on any atom is -0.0122 e. The van der Waals surface area contributed by atoms with Gasteiger partial charge in [-0.1, -0.05) is 48.3 Å². The van der Waals surface area contributed by atoms with Crippen LogP contribution in [0.2, 0.25) is 0 Å². The van der Waals surface area contributed by atoms with Crippen LogP contribution < -0.4 is 0 Å². The van der Waals surface area contributed by atoms with Crippen LogP contribution in [0.3, 0.4) is 0 Å². The summed E-state index contributed by atoms with van der Waals surface area (Å²) in [6.07, 6.45) is 24.2. The largest absolute Gasteiger partial charge is 0.115 e. The summed E-state index contributed by atoms with van der Waals surface area (Å²) in [6, 6.07) is 0. The molecule has 0 radical (unpaired) electrons. The molecule has 12 heavy (non-hydrogen) atoms. The minimum Gasteiger partial charge on any atom is -0.115 e. The van der Waals surface area contributed by atoms with E-state index < -0.39 is 0 Å². The van der Waals surface area contributed by atoms with Gasteiger partial charge in [0.1, 0.15) is 0 Å². The second kappa shape index (κ2) is 9.08. The number of terminal acetylenes is 2. The summed E-state index contributed by atoms with van der Waals surface area (Å²) in [5.74, 6) is 4.76. The Kier molecular flexibility index (Phi) is 7.63. The fourth-order valence-corrected chi connectivity index (χ4v) is 0.479. The maximum atomic E-state index is 4.99. The van der Waals surface area contributed by atoms with E-state index in [-0.39, 0.29) is 0 Å². The Labute approximate surface area is 74.0 Å². The average Bonchev–Trinajstić information content (AvgIpc) is 2.10. The van der Waals surface area contributed by atoms with Gasteiger partial charge in [0.15, 0.2) is 0 Å². The van der Waals surface area contributed by atoms with Gasteiger partial charge < -0.3 is 0 Å². The minimum atomic E-state index is 1.63. The fourth-order valence-electron chi connectivity index (χ4n) is 0.479. The van der Waals surface area contributed by atoms with Crippen molar-refractivity contribution in [1.29, 1.82) is 0 Å². The second-order valence-corrected chi connectivity index (χ2v) is 1.82. The van der Waals surface area contributed by atoms with Crippen molar-refractivity contribution in [3.05, 3.63) is 48.6 Å². The first kappa shape index (κ1) is 10.1. The zero-order valence-electron chi connectivity index (χ0n) is 6.77. The van der Waals surface area contributed by atoms with E-state index in [0.717, 1.165) is 0 Å². The van der Waals surface area contributed by atoms with Crippen LogP contribution in [0.4, 0.5) is 0 Å². The van der Waals surface area contributed by atoms with Crippen LogP contribution in [-0.2, 0) is 0 Å². The van der Waals surface area contributed by atoms with E-state index in [9.17, 15) is 0 Å². The molecule has 0 fully saturated rings. The number of hydrogen-bond acceptors (Lipinski definition) is 0. The Bertz CT molecular complexity index is 253. The van der Waals surface area contributed by atoms with Gasteiger partial charge in [-0.3, -0.25) is 0 Å². The summed E-state index contributed by atoms with van der Waals surface area (Å²) in [6.45, 7) is 0. The fraction of sp³-hybridized carbons (Fsp3) is 0. The highest BCUT2D eigenvalue weighted by Gasteiger charge is 1.60. The van der Waals surface area contributed by atoms with Crippen LogP contribution in [0.1, 0.15) is 0 Å². The highest BCUT2D eigenvalue weighted by molar-refractivity contribution is 5.21. The monoisotopic (exact) mass is 154 g/mol. The van der Waals surface area contributed by atoms with Crippen LogP contribution in [0, 0.1) is 24.7 Å². The van der Waals surface area contributed by atoms with Crippen molar-refractivity contribution in [2.24, 2.45) is 0 Å². The first-order valence-corrected chi connectivity index (χ1v) is 3.49. The molecule has 0 saturated carbocycles. The zero-order valence-corrected chi connectivity index (χ0v) is 6.77. The van der Waals surface area contributed by atoms with E-state index in [1.165, 1.54) is 0 Å². The lowest BCUT2D eigenvalue weighted by atomic mass is 10.4. The van der Waals surface area contributed by atoms with E-state index in [4.69, 9.17) is 12.8 Å². The molecular formula is C12H10. The molecule has 0 aliphatic carbocycles. The molecule has 0 bridgehead atoms. The zero-order chi connectivity index (χ0) is 9.07. The molecule has 0 aliphatic heterocycles. The van der Waals surface area contributed by atoms with Crippen LogP contribution in [0.25, 0.3) is 0 Å².